The van der Waals surface area contributed by atoms with Gasteiger partial charge in [0.2, 0.25) is 0 Å². The summed E-state index contributed by atoms with van der Waals surface area (Å²) in [6.07, 6.45) is 8.63. The Kier molecular flexibility index (Phi) is 3.46. The number of fused-ring (bicyclic) bond motifs is 2. The van der Waals surface area contributed by atoms with Gasteiger partial charge in [0.25, 0.3) is 0 Å². The predicted molar refractivity (Wildman–Crippen MR) is 71.1 cm³/mol. The SMILES string of the molecule is CNC1CC2CCC(C1)N2CC1CCCS1. The molecule has 0 aromatic rings. The number of hydrogen-bond donors (Lipinski definition) is 1. The third-order valence-corrected chi connectivity index (χ3v) is 6.11. The average Bonchev–Trinajstić information content (AvgIpc) is 2.87. The molecule has 3 unspecified atom stereocenters. The number of nitrogens with zero attached hydrogens (tertiary/aromatic N) is 1. The van der Waals surface area contributed by atoms with Crippen LogP contribution in [0.15, 0.2) is 0 Å². The van der Waals surface area contributed by atoms with Crippen molar-refractivity contribution in [2.75, 3.05) is 19.3 Å². The van der Waals surface area contributed by atoms with Crippen LogP contribution in [0.1, 0.15) is 38.5 Å². The van der Waals surface area contributed by atoms with Crippen molar-refractivity contribution >= 4 is 11.8 Å². The molecule has 2 nitrogen and oxygen atoms in total. The molecular formula is C13H24N2S. The lowest BCUT2D eigenvalue weighted by Crippen LogP contribution is -2.50. The van der Waals surface area contributed by atoms with Crippen LogP contribution in [0.25, 0.3) is 0 Å². The Bertz CT molecular complexity index is 226. The highest BCUT2D eigenvalue weighted by Gasteiger charge is 2.41. The molecule has 0 saturated carbocycles. The minimum absolute atomic E-state index is 0.796. The molecule has 3 heterocycles. The van der Waals surface area contributed by atoms with Crippen LogP contribution in [0.2, 0.25) is 0 Å². The van der Waals surface area contributed by atoms with E-state index in [1.165, 1.54) is 50.8 Å². The standard InChI is InChI=1S/C13H24N2S/c1-14-10-7-11-4-5-12(8-10)15(11)9-13-3-2-6-16-13/h10-14H,2-9H2,1H3. The zero-order valence-corrected chi connectivity index (χ0v) is 11.1. The van der Waals surface area contributed by atoms with E-state index in [2.05, 4.69) is 29.0 Å². The van der Waals surface area contributed by atoms with E-state index in [-0.39, 0.29) is 0 Å². The molecule has 92 valence electrons. The van der Waals surface area contributed by atoms with E-state index >= 15 is 0 Å². The molecule has 3 fully saturated rings. The average molecular weight is 240 g/mol. The lowest BCUT2D eigenvalue weighted by molar-refractivity contribution is 0.120. The summed E-state index contributed by atoms with van der Waals surface area (Å²) < 4.78 is 0. The zero-order valence-electron chi connectivity index (χ0n) is 10.3. The smallest absolute Gasteiger partial charge is 0.0175 e. The maximum Gasteiger partial charge on any atom is 0.0175 e. The van der Waals surface area contributed by atoms with Crippen molar-refractivity contribution < 1.29 is 0 Å². The van der Waals surface area contributed by atoms with E-state index in [1.54, 1.807) is 0 Å². The minimum Gasteiger partial charge on any atom is -0.317 e. The van der Waals surface area contributed by atoms with Crippen LogP contribution in [-0.4, -0.2) is 47.6 Å². The van der Waals surface area contributed by atoms with Crippen molar-refractivity contribution in [1.29, 1.82) is 0 Å². The normalized spacial score (nSPS) is 44.1. The van der Waals surface area contributed by atoms with Gasteiger partial charge in [-0.1, -0.05) is 0 Å². The molecule has 3 saturated heterocycles. The molecule has 16 heavy (non-hydrogen) atoms. The van der Waals surface area contributed by atoms with Gasteiger partial charge in [-0.25, -0.2) is 0 Å². The Morgan fingerprint density at radius 2 is 1.94 bits per heavy atom. The summed E-state index contributed by atoms with van der Waals surface area (Å²) in [7, 11) is 2.13. The lowest BCUT2D eigenvalue weighted by Gasteiger charge is -2.40. The fourth-order valence-electron chi connectivity index (χ4n) is 3.83. The molecule has 1 N–H and O–H groups in total. The number of thioether (sulfide) groups is 1. The summed E-state index contributed by atoms with van der Waals surface area (Å²) in [6, 6.07) is 2.60. The van der Waals surface area contributed by atoms with Gasteiger partial charge in [-0.15, -0.1) is 0 Å². The van der Waals surface area contributed by atoms with Crippen LogP contribution in [-0.2, 0) is 0 Å². The Morgan fingerprint density at radius 1 is 1.19 bits per heavy atom. The number of piperidine rings is 1. The number of nitrogens with one attached hydrogen (secondary N) is 1. The van der Waals surface area contributed by atoms with Gasteiger partial charge in [-0.2, -0.15) is 11.8 Å². The number of rotatable bonds is 3. The van der Waals surface area contributed by atoms with Crippen molar-refractivity contribution in [3.8, 4) is 0 Å². The maximum absolute atomic E-state index is 3.49. The third kappa shape index (κ3) is 2.14. The first-order chi connectivity index (χ1) is 7.86. The van der Waals surface area contributed by atoms with Crippen LogP contribution in [0.4, 0.5) is 0 Å². The van der Waals surface area contributed by atoms with Gasteiger partial charge >= 0.3 is 0 Å². The van der Waals surface area contributed by atoms with Crippen molar-refractivity contribution in [2.24, 2.45) is 0 Å². The summed E-state index contributed by atoms with van der Waals surface area (Å²) in [4.78, 5) is 2.86. The van der Waals surface area contributed by atoms with E-state index in [0.717, 1.165) is 23.4 Å². The van der Waals surface area contributed by atoms with Crippen LogP contribution >= 0.6 is 11.8 Å². The molecule has 3 atom stereocenters. The summed E-state index contributed by atoms with van der Waals surface area (Å²) >= 11 is 2.22. The first-order valence-electron chi connectivity index (χ1n) is 6.91. The van der Waals surface area contributed by atoms with Gasteiger partial charge in [0.15, 0.2) is 0 Å². The molecular weight excluding hydrogens is 216 g/mol. The van der Waals surface area contributed by atoms with Gasteiger partial charge in [0.1, 0.15) is 0 Å². The molecule has 0 aromatic carbocycles. The van der Waals surface area contributed by atoms with E-state index in [1.807, 2.05) is 0 Å². The molecule has 3 heteroatoms. The Hall–Kier alpha value is 0.270. The van der Waals surface area contributed by atoms with Crippen LogP contribution < -0.4 is 5.32 Å². The maximum atomic E-state index is 3.49. The van der Waals surface area contributed by atoms with Gasteiger partial charge in [-0.3, -0.25) is 4.90 Å². The fraction of sp³-hybridized carbons (Fsp3) is 1.00. The molecule has 3 aliphatic heterocycles. The van der Waals surface area contributed by atoms with Crippen LogP contribution in [0.3, 0.4) is 0 Å². The monoisotopic (exact) mass is 240 g/mol. The second kappa shape index (κ2) is 4.87. The molecule has 3 aliphatic rings. The van der Waals surface area contributed by atoms with Crippen LogP contribution in [0.5, 0.6) is 0 Å². The Morgan fingerprint density at radius 3 is 2.50 bits per heavy atom. The van der Waals surface area contributed by atoms with Crippen molar-refractivity contribution in [2.45, 2.75) is 61.9 Å². The van der Waals surface area contributed by atoms with E-state index < -0.39 is 0 Å². The van der Waals surface area contributed by atoms with Crippen molar-refractivity contribution in [3.63, 3.8) is 0 Å². The minimum atomic E-state index is 0.796. The Balaban J connectivity index is 1.60. The summed E-state index contributed by atoms with van der Waals surface area (Å²) in [5, 5.41) is 4.44. The molecule has 0 aromatic heterocycles. The van der Waals surface area contributed by atoms with Crippen molar-refractivity contribution in [3.05, 3.63) is 0 Å². The van der Waals surface area contributed by atoms with Gasteiger partial charge in [0.05, 0.1) is 0 Å². The summed E-state index contributed by atoms with van der Waals surface area (Å²) in [5.41, 5.74) is 0. The van der Waals surface area contributed by atoms with Gasteiger partial charge < -0.3 is 5.32 Å². The largest absolute Gasteiger partial charge is 0.317 e. The molecule has 0 radical (unpaired) electrons. The highest BCUT2D eigenvalue weighted by Crippen LogP contribution is 2.38. The molecule has 3 rings (SSSR count). The summed E-state index contributed by atoms with van der Waals surface area (Å²) in [6.45, 7) is 1.39. The topological polar surface area (TPSA) is 15.3 Å². The highest BCUT2D eigenvalue weighted by atomic mass is 32.2. The summed E-state index contributed by atoms with van der Waals surface area (Å²) in [5.74, 6) is 1.41. The van der Waals surface area contributed by atoms with E-state index in [4.69, 9.17) is 0 Å². The second-order valence-corrected chi connectivity index (χ2v) is 7.08. The molecule has 0 aliphatic carbocycles. The zero-order chi connectivity index (χ0) is 11.0. The van der Waals surface area contributed by atoms with E-state index in [9.17, 15) is 0 Å². The number of hydrogen-bond acceptors (Lipinski definition) is 3. The fourth-order valence-corrected chi connectivity index (χ4v) is 5.11. The van der Waals surface area contributed by atoms with Gasteiger partial charge in [-0.05, 0) is 51.3 Å². The van der Waals surface area contributed by atoms with Gasteiger partial charge in [0, 0.05) is 29.9 Å². The van der Waals surface area contributed by atoms with Crippen LogP contribution in [0, 0.1) is 0 Å². The molecule has 0 amide bonds. The van der Waals surface area contributed by atoms with E-state index in [0.29, 0.717) is 0 Å². The quantitative estimate of drug-likeness (QED) is 0.813. The molecule has 0 spiro atoms. The first kappa shape index (κ1) is 11.4. The Labute approximate surface area is 104 Å². The van der Waals surface area contributed by atoms with Crippen molar-refractivity contribution in [1.82, 2.24) is 10.2 Å². The lowest BCUT2D eigenvalue weighted by atomic mass is 9.97. The third-order valence-electron chi connectivity index (χ3n) is 4.73. The first-order valence-corrected chi connectivity index (χ1v) is 7.96. The highest BCUT2D eigenvalue weighted by molar-refractivity contribution is 8.00. The predicted octanol–water partition coefficient (Wildman–Crippen LogP) is 2.10. The molecule has 2 bridgehead atoms. The second-order valence-electron chi connectivity index (χ2n) is 5.67.